The van der Waals surface area contributed by atoms with Gasteiger partial charge in [0.05, 0.1) is 0 Å². The molecule has 0 spiro atoms. The molecule has 4 heteroatoms. The number of hydrazone groups is 1. The van der Waals surface area contributed by atoms with Gasteiger partial charge in [-0.2, -0.15) is 5.10 Å². The summed E-state index contributed by atoms with van der Waals surface area (Å²) in [6.45, 7) is 6.20. The summed E-state index contributed by atoms with van der Waals surface area (Å²) in [5.74, 6) is 0.966. The molecule has 1 saturated carbocycles. The van der Waals surface area contributed by atoms with Crippen molar-refractivity contribution in [1.82, 2.24) is 5.43 Å². The molecule has 0 amide bonds. The molecule has 1 fully saturated rings. The molecule has 1 heterocycles. The first kappa shape index (κ1) is 14.7. The summed E-state index contributed by atoms with van der Waals surface area (Å²) in [5, 5.41) is 12.8. The van der Waals surface area contributed by atoms with Gasteiger partial charge in [-0.05, 0) is 24.7 Å². The fourth-order valence-corrected chi connectivity index (χ4v) is 2.50. The van der Waals surface area contributed by atoms with E-state index >= 15 is 0 Å². The van der Waals surface area contributed by atoms with E-state index in [1.807, 2.05) is 20.1 Å². The van der Waals surface area contributed by atoms with Crippen LogP contribution in [-0.4, -0.2) is 17.3 Å². The number of allylic oxidation sites excluding steroid dienone is 1. The van der Waals surface area contributed by atoms with E-state index in [-0.39, 0.29) is 5.70 Å². The number of carboxylic acids is 1. The first-order valence-electron chi connectivity index (χ1n) is 6.96. The maximum Gasteiger partial charge on any atom is 0.353 e. The average Bonchev–Trinajstić information content (AvgIpc) is 2.99. The van der Waals surface area contributed by atoms with E-state index in [2.05, 4.69) is 17.5 Å². The third-order valence-electron chi connectivity index (χ3n) is 3.55. The third kappa shape index (κ3) is 3.59. The highest BCUT2D eigenvalue weighted by Crippen LogP contribution is 2.51. The van der Waals surface area contributed by atoms with E-state index in [1.165, 1.54) is 19.3 Å². The molecule has 0 aromatic rings. The number of aliphatic carboxylic acids is 1. The van der Waals surface area contributed by atoms with E-state index in [9.17, 15) is 4.79 Å². The van der Waals surface area contributed by atoms with Gasteiger partial charge < -0.3 is 5.11 Å². The van der Waals surface area contributed by atoms with E-state index in [0.29, 0.717) is 11.8 Å². The van der Waals surface area contributed by atoms with E-state index < -0.39 is 5.97 Å². The molecule has 18 heavy (non-hydrogen) atoms. The summed E-state index contributed by atoms with van der Waals surface area (Å²) in [4.78, 5) is 10.8. The Morgan fingerprint density at radius 2 is 2.28 bits per heavy atom. The maximum atomic E-state index is 10.8. The van der Waals surface area contributed by atoms with E-state index in [4.69, 9.17) is 5.11 Å². The van der Waals surface area contributed by atoms with E-state index in [1.54, 1.807) is 6.08 Å². The Labute approximate surface area is 109 Å². The minimum Gasteiger partial charge on any atom is -0.477 e. The zero-order valence-electron chi connectivity index (χ0n) is 11.5. The van der Waals surface area contributed by atoms with Gasteiger partial charge in [0, 0.05) is 12.1 Å². The Morgan fingerprint density at radius 1 is 1.56 bits per heavy atom. The summed E-state index contributed by atoms with van der Waals surface area (Å²) in [6, 6.07) is 0. The zero-order valence-corrected chi connectivity index (χ0v) is 11.5. The van der Waals surface area contributed by atoms with Crippen LogP contribution in [0.15, 0.2) is 16.9 Å². The second-order valence-electron chi connectivity index (χ2n) is 4.60. The molecule has 0 unspecified atom stereocenters. The van der Waals surface area contributed by atoms with Crippen LogP contribution in [0.25, 0.3) is 0 Å². The second kappa shape index (κ2) is 7.19. The smallest absolute Gasteiger partial charge is 0.353 e. The number of hydrogen-bond acceptors (Lipinski definition) is 3. The van der Waals surface area contributed by atoms with Gasteiger partial charge in [0.2, 0.25) is 0 Å². The molecule has 0 aromatic heterocycles. The Bertz CT molecular complexity index is 337. The lowest BCUT2D eigenvalue weighted by Crippen LogP contribution is -2.16. The summed E-state index contributed by atoms with van der Waals surface area (Å²) in [7, 11) is 0. The Hall–Kier alpha value is -1.32. The van der Waals surface area contributed by atoms with Crippen LogP contribution in [0.4, 0.5) is 0 Å². The van der Waals surface area contributed by atoms with Crippen molar-refractivity contribution < 1.29 is 9.90 Å². The Morgan fingerprint density at radius 3 is 2.89 bits per heavy atom. The van der Waals surface area contributed by atoms with Gasteiger partial charge in [-0.25, -0.2) is 4.79 Å². The van der Waals surface area contributed by atoms with Gasteiger partial charge in [0.1, 0.15) is 5.70 Å². The number of nitrogens with zero attached hydrogens (tertiary/aromatic N) is 1. The fourth-order valence-electron chi connectivity index (χ4n) is 2.50. The van der Waals surface area contributed by atoms with Gasteiger partial charge >= 0.3 is 5.97 Å². The molecule has 2 aliphatic rings. The predicted octanol–water partition coefficient (Wildman–Crippen LogP) is 3.01. The van der Waals surface area contributed by atoms with Crippen LogP contribution in [0, 0.1) is 17.8 Å². The first-order chi connectivity index (χ1) is 8.74. The van der Waals surface area contributed by atoms with Gasteiger partial charge in [0.25, 0.3) is 0 Å². The molecule has 4 nitrogen and oxygen atoms in total. The molecule has 0 bridgehead atoms. The standard InChI is InChI=1S/C12H18N2O2.C2H6/c1-2-3-4-8-9-5-6-11(12(15)16)14-13-7-10(8)9;1-2/h6-10,14H,2-5H2,1H3,(H,15,16);1-2H3/b11-6+,13-7+;/t8-,9-,10+;/m0./s1. The lowest BCUT2D eigenvalue weighted by atomic mass is 10.1. The minimum atomic E-state index is -0.929. The van der Waals surface area contributed by atoms with Crippen molar-refractivity contribution in [3.63, 3.8) is 0 Å². The van der Waals surface area contributed by atoms with Crippen molar-refractivity contribution in [3.8, 4) is 0 Å². The third-order valence-corrected chi connectivity index (χ3v) is 3.55. The zero-order chi connectivity index (χ0) is 13.5. The van der Waals surface area contributed by atoms with Crippen LogP contribution >= 0.6 is 0 Å². The van der Waals surface area contributed by atoms with Crippen molar-refractivity contribution in [2.75, 3.05) is 0 Å². The van der Waals surface area contributed by atoms with Crippen LogP contribution in [-0.2, 0) is 4.79 Å². The Balaban J connectivity index is 0.000000771. The number of hydrogen-bond donors (Lipinski definition) is 2. The number of carbonyl (C=O) groups is 1. The van der Waals surface area contributed by atoms with Crippen molar-refractivity contribution in [2.24, 2.45) is 22.9 Å². The minimum absolute atomic E-state index is 0.204. The summed E-state index contributed by atoms with van der Waals surface area (Å²) < 4.78 is 0. The number of fused-ring (bicyclic) bond motifs is 1. The first-order valence-corrected chi connectivity index (χ1v) is 6.96. The highest BCUT2D eigenvalue weighted by molar-refractivity contribution is 5.86. The SMILES string of the molecule is CC.CCCC[C@@H]1[C@H]2/C=N/N/C(C(=O)O)=C/C[C@H]21. The molecule has 102 valence electrons. The second-order valence-corrected chi connectivity index (χ2v) is 4.60. The molecule has 0 saturated heterocycles. The Kier molecular flexibility index (Phi) is 5.89. The largest absolute Gasteiger partial charge is 0.477 e. The summed E-state index contributed by atoms with van der Waals surface area (Å²) in [6.07, 6.45) is 8.24. The molecular weight excluding hydrogens is 228 g/mol. The fraction of sp³-hybridized carbons (Fsp3) is 0.714. The average molecular weight is 252 g/mol. The predicted molar refractivity (Wildman–Crippen MR) is 73.3 cm³/mol. The van der Waals surface area contributed by atoms with Crippen LogP contribution in [0.1, 0.15) is 46.5 Å². The van der Waals surface area contributed by atoms with Crippen molar-refractivity contribution in [1.29, 1.82) is 0 Å². The maximum absolute atomic E-state index is 10.8. The van der Waals surface area contributed by atoms with Crippen molar-refractivity contribution in [3.05, 3.63) is 11.8 Å². The van der Waals surface area contributed by atoms with Crippen LogP contribution < -0.4 is 5.43 Å². The van der Waals surface area contributed by atoms with Crippen LogP contribution in [0.3, 0.4) is 0 Å². The highest BCUT2D eigenvalue weighted by atomic mass is 16.4. The quantitative estimate of drug-likeness (QED) is 0.808. The van der Waals surface area contributed by atoms with Gasteiger partial charge in [-0.15, -0.1) is 0 Å². The topological polar surface area (TPSA) is 61.7 Å². The monoisotopic (exact) mass is 252 g/mol. The lowest BCUT2D eigenvalue weighted by Gasteiger charge is -2.03. The molecule has 2 rings (SSSR count). The summed E-state index contributed by atoms with van der Waals surface area (Å²) in [5.41, 5.74) is 2.79. The number of carboxylic acid groups (broad SMARTS) is 1. The molecule has 1 aliphatic heterocycles. The van der Waals surface area contributed by atoms with Crippen molar-refractivity contribution in [2.45, 2.75) is 46.5 Å². The van der Waals surface area contributed by atoms with Gasteiger partial charge in [-0.3, -0.25) is 5.43 Å². The van der Waals surface area contributed by atoms with Gasteiger partial charge in [0.15, 0.2) is 0 Å². The molecule has 2 N–H and O–H groups in total. The highest BCUT2D eigenvalue weighted by Gasteiger charge is 2.47. The number of unbranched alkanes of at least 4 members (excludes halogenated alkanes) is 1. The molecule has 1 aliphatic carbocycles. The van der Waals surface area contributed by atoms with Crippen LogP contribution in [0.2, 0.25) is 0 Å². The van der Waals surface area contributed by atoms with Gasteiger partial charge in [-0.1, -0.05) is 39.7 Å². The van der Waals surface area contributed by atoms with Crippen LogP contribution in [0.5, 0.6) is 0 Å². The molecule has 0 aromatic carbocycles. The lowest BCUT2D eigenvalue weighted by molar-refractivity contribution is -0.133. The number of rotatable bonds is 4. The number of nitrogens with one attached hydrogen (secondary N) is 1. The molecule has 3 atom stereocenters. The molecular formula is C14H24N2O2. The van der Waals surface area contributed by atoms with E-state index in [0.717, 1.165) is 12.3 Å². The normalized spacial score (nSPS) is 33.3. The molecule has 0 radical (unpaired) electrons. The summed E-state index contributed by atoms with van der Waals surface area (Å²) >= 11 is 0. The van der Waals surface area contributed by atoms with Crippen molar-refractivity contribution >= 4 is 12.2 Å².